The highest BCUT2D eigenvalue weighted by Gasteiger charge is 2.20. The summed E-state index contributed by atoms with van der Waals surface area (Å²) in [5.74, 6) is -1.24. The van der Waals surface area contributed by atoms with Gasteiger partial charge in [0.15, 0.2) is 12.4 Å². The van der Waals surface area contributed by atoms with Crippen molar-refractivity contribution in [2.45, 2.75) is 25.7 Å². The minimum Gasteiger partial charge on any atom is -0.456 e. The molecule has 1 heterocycles. The zero-order valence-electron chi connectivity index (χ0n) is 16.6. The molecule has 1 aliphatic rings. The normalized spacial score (nSPS) is 14.0. The van der Waals surface area contributed by atoms with Gasteiger partial charge < -0.3 is 15.0 Å². The number of carbonyl (C=O) groups is 4. The molecule has 0 unspecified atom stereocenters. The Bertz CT molecular complexity index is 909. The van der Waals surface area contributed by atoms with Gasteiger partial charge in [0, 0.05) is 29.8 Å². The van der Waals surface area contributed by atoms with E-state index in [0.29, 0.717) is 29.8 Å². The van der Waals surface area contributed by atoms with Crippen LogP contribution in [0.1, 0.15) is 46.4 Å². The second kappa shape index (κ2) is 10.3. The van der Waals surface area contributed by atoms with Crippen molar-refractivity contribution in [2.75, 3.05) is 25.0 Å². The number of hydrogen-bond donors (Lipinski definition) is 1. The Morgan fingerprint density at radius 2 is 1.63 bits per heavy atom. The van der Waals surface area contributed by atoms with Gasteiger partial charge in [-0.3, -0.25) is 19.2 Å². The topological polar surface area (TPSA) is 92.8 Å². The van der Waals surface area contributed by atoms with Gasteiger partial charge in [-0.15, -0.1) is 0 Å². The Hall–Kier alpha value is -3.48. The molecule has 0 saturated carbocycles. The van der Waals surface area contributed by atoms with Crippen LogP contribution in [0.25, 0.3) is 0 Å². The second-order valence-electron chi connectivity index (χ2n) is 7.11. The molecular formula is C23H24N2O5. The van der Waals surface area contributed by atoms with Crippen molar-refractivity contribution in [1.29, 1.82) is 0 Å². The highest BCUT2D eigenvalue weighted by Crippen LogP contribution is 2.13. The van der Waals surface area contributed by atoms with Crippen molar-refractivity contribution in [3.05, 3.63) is 65.7 Å². The van der Waals surface area contributed by atoms with Crippen LogP contribution in [0, 0.1) is 0 Å². The van der Waals surface area contributed by atoms with Gasteiger partial charge >= 0.3 is 5.97 Å². The van der Waals surface area contributed by atoms with E-state index in [0.717, 1.165) is 19.3 Å². The average Bonchev–Trinajstić information content (AvgIpc) is 2.97. The fourth-order valence-corrected chi connectivity index (χ4v) is 3.17. The third-order valence-electron chi connectivity index (χ3n) is 4.86. The van der Waals surface area contributed by atoms with E-state index >= 15 is 0 Å². The number of amides is 2. The fourth-order valence-electron chi connectivity index (χ4n) is 3.17. The molecule has 0 atom stereocenters. The molecule has 7 nitrogen and oxygen atoms in total. The number of rotatable bonds is 7. The van der Waals surface area contributed by atoms with Crippen LogP contribution in [0.4, 0.5) is 5.69 Å². The minimum atomic E-state index is -0.592. The quantitative estimate of drug-likeness (QED) is 0.561. The van der Waals surface area contributed by atoms with Gasteiger partial charge in [0.05, 0.1) is 0 Å². The lowest BCUT2D eigenvalue weighted by Crippen LogP contribution is -2.36. The number of likely N-dealkylation sites (tertiary alicyclic amines) is 1. The predicted octanol–water partition coefficient (Wildman–Crippen LogP) is 3.07. The van der Waals surface area contributed by atoms with E-state index in [1.807, 2.05) is 6.07 Å². The number of ether oxygens (including phenoxy) is 1. The number of nitrogens with one attached hydrogen (secondary N) is 1. The molecule has 0 spiro atoms. The Labute approximate surface area is 175 Å². The van der Waals surface area contributed by atoms with E-state index in [4.69, 9.17) is 4.74 Å². The van der Waals surface area contributed by atoms with Crippen LogP contribution >= 0.6 is 0 Å². The average molecular weight is 408 g/mol. The van der Waals surface area contributed by atoms with E-state index in [2.05, 4.69) is 5.32 Å². The number of Topliss-reactive ketones (excluding diaryl/α,β-unsaturated/α-hetero) is 1. The van der Waals surface area contributed by atoms with Gasteiger partial charge in [0.2, 0.25) is 5.91 Å². The number of esters is 1. The van der Waals surface area contributed by atoms with Crippen LogP contribution in [0.3, 0.4) is 0 Å². The molecule has 3 rings (SSSR count). The highest BCUT2D eigenvalue weighted by molar-refractivity contribution is 6.04. The van der Waals surface area contributed by atoms with Crippen molar-refractivity contribution in [3.63, 3.8) is 0 Å². The predicted molar refractivity (Wildman–Crippen MR) is 111 cm³/mol. The molecule has 0 aromatic heterocycles. The van der Waals surface area contributed by atoms with Crippen molar-refractivity contribution < 1.29 is 23.9 Å². The maximum absolute atomic E-state index is 12.3. The Morgan fingerprint density at radius 3 is 2.37 bits per heavy atom. The van der Waals surface area contributed by atoms with Crippen LogP contribution in [-0.2, 0) is 14.3 Å². The molecule has 0 aliphatic carbocycles. The molecule has 2 aromatic rings. The first-order valence-corrected chi connectivity index (χ1v) is 9.96. The van der Waals surface area contributed by atoms with Crippen molar-refractivity contribution in [2.24, 2.45) is 0 Å². The largest absolute Gasteiger partial charge is 0.456 e. The van der Waals surface area contributed by atoms with Crippen LogP contribution in [-0.4, -0.2) is 48.2 Å². The smallest absolute Gasteiger partial charge is 0.326 e. The number of nitrogens with zero attached hydrogens (tertiary/aromatic N) is 1. The lowest BCUT2D eigenvalue weighted by molar-refractivity contribution is -0.148. The lowest BCUT2D eigenvalue weighted by atomic mass is 10.1. The standard InChI is InChI=1S/C23H24N2O5/c26-20(16-30-22(28)15-25-14-6-2-5-9-21(25)27)17-10-12-19(13-11-17)24-23(29)18-7-3-1-4-8-18/h1,3-4,7-8,10-13H,2,5-6,9,14-16H2,(H,24,29). The van der Waals surface area contributed by atoms with Gasteiger partial charge in [-0.2, -0.15) is 0 Å². The number of carbonyl (C=O) groups excluding carboxylic acids is 4. The molecule has 0 bridgehead atoms. The maximum Gasteiger partial charge on any atom is 0.326 e. The molecule has 1 aliphatic heterocycles. The van der Waals surface area contributed by atoms with Crippen molar-refractivity contribution >= 4 is 29.3 Å². The SMILES string of the molecule is O=C(CN1CCCCCC1=O)OCC(=O)c1ccc(NC(=O)c2ccccc2)cc1. The molecule has 0 radical (unpaired) electrons. The van der Waals surface area contributed by atoms with Crippen LogP contribution < -0.4 is 5.32 Å². The summed E-state index contributed by atoms with van der Waals surface area (Å²) in [5, 5.41) is 2.76. The molecule has 2 aromatic carbocycles. The van der Waals surface area contributed by atoms with Crippen LogP contribution in [0.5, 0.6) is 0 Å². The monoisotopic (exact) mass is 408 g/mol. The van der Waals surface area contributed by atoms with E-state index in [1.54, 1.807) is 48.5 Å². The maximum atomic E-state index is 12.3. The summed E-state index contributed by atoms with van der Waals surface area (Å²) < 4.78 is 5.05. The van der Waals surface area contributed by atoms with Gasteiger partial charge in [-0.1, -0.05) is 24.6 Å². The summed E-state index contributed by atoms with van der Waals surface area (Å²) >= 11 is 0. The Balaban J connectivity index is 1.48. The zero-order chi connectivity index (χ0) is 21.3. The van der Waals surface area contributed by atoms with Crippen molar-refractivity contribution in [3.8, 4) is 0 Å². The van der Waals surface area contributed by atoms with Crippen LogP contribution in [0.2, 0.25) is 0 Å². The second-order valence-corrected chi connectivity index (χ2v) is 7.11. The van der Waals surface area contributed by atoms with Gasteiger partial charge in [-0.25, -0.2) is 0 Å². The van der Waals surface area contributed by atoms with E-state index in [-0.39, 0.29) is 24.1 Å². The molecule has 2 amide bonds. The summed E-state index contributed by atoms with van der Waals surface area (Å²) in [5.41, 5.74) is 1.45. The molecule has 1 saturated heterocycles. The first-order chi connectivity index (χ1) is 14.5. The summed E-state index contributed by atoms with van der Waals surface area (Å²) in [6.07, 6.45) is 3.12. The molecule has 156 valence electrons. The number of benzene rings is 2. The zero-order valence-corrected chi connectivity index (χ0v) is 16.6. The van der Waals surface area contributed by atoms with Gasteiger partial charge in [-0.05, 0) is 49.2 Å². The van der Waals surface area contributed by atoms with Crippen LogP contribution in [0.15, 0.2) is 54.6 Å². The van der Waals surface area contributed by atoms with Crippen molar-refractivity contribution in [1.82, 2.24) is 4.90 Å². The number of anilines is 1. The Morgan fingerprint density at radius 1 is 0.900 bits per heavy atom. The fraction of sp³-hybridized carbons (Fsp3) is 0.304. The molecular weight excluding hydrogens is 384 g/mol. The number of ketones is 1. The Kier molecular flexibility index (Phi) is 7.32. The first-order valence-electron chi connectivity index (χ1n) is 9.96. The van der Waals surface area contributed by atoms with E-state index < -0.39 is 12.6 Å². The summed E-state index contributed by atoms with van der Waals surface area (Å²) in [7, 11) is 0. The molecule has 30 heavy (non-hydrogen) atoms. The minimum absolute atomic E-state index is 0.0519. The lowest BCUT2D eigenvalue weighted by Gasteiger charge is -2.19. The molecule has 1 fully saturated rings. The van der Waals surface area contributed by atoms with E-state index in [1.165, 1.54) is 4.90 Å². The summed E-state index contributed by atoms with van der Waals surface area (Å²) in [6, 6.07) is 15.2. The first kappa shape index (κ1) is 21.2. The summed E-state index contributed by atoms with van der Waals surface area (Å²) in [6.45, 7) is 0.0190. The number of hydrogen-bond acceptors (Lipinski definition) is 5. The molecule has 1 N–H and O–H groups in total. The van der Waals surface area contributed by atoms with Gasteiger partial charge in [0.1, 0.15) is 6.54 Å². The third kappa shape index (κ3) is 6.01. The third-order valence-corrected chi connectivity index (χ3v) is 4.86. The highest BCUT2D eigenvalue weighted by atomic mass is 16.5. The molecule has 7 heteroatoms. The van der Waals surface area contributed by atoms with E-state index in [9.17, 15) is 19.2 Å². The summed E-state index contributed by atoms with van der Waals surface area (Å²) in [4.78, 5) is 49.8. The van der Waals surface area contributed by atoms with Gasteiger partial charge in [0.25, 0.3) is 5.91 Å².